The second-order valence-electron chi connectivity index (χ2n) is 4.41. The Bertz CT molecular complexity index is 186. The lowest BCUT2D eigenvalue weighted by molar-refractivity contribution is -0.138. The lowest BCUT2D eigenvalue weighted by Gasteiger charge is -2.33. The Balaban J connectivity index is 2.40. The first-order valence-electron chi connectivity index (χ1n) is 5.53. The average Bonchev–Trinajstić information content (AvgIpc) is 2.15. The molecule has 1 fully saturated rings. The number of aliphatic carboxylic acids is 1. The fourth-order valence-corrected chi connectivity index (χ4v) is 2.37. The molecule has 0 aromatic heterocycles. The van der Waals surface area contributed by atoms with Gasteiger partial charge in [-0.15, -0.1) is 0 Å². The fraction of sp³-hybridized carbons (Fsp3) is 0.909. The zero-order valence-corrected chi connectivity index (χ0v) is 9.20. The molecule has 1 saturated heterocycles. The minimum Gasteiger partial charge on any atom is -0.481 e. The van der Waals surface area contributed by atoms with Crippen molar-refractivity contribution >= 4 is 5.97 Å². The maximum absolute atomic E-state index is 10.7. The summed E-state index contributed by atoms with van der Waals surface area (Å²) in [6.45, 7) is 4.35. The monoisotopic (exact) mass is 199 g/mol. The van der Waals surface area contributed by atoms with E-state index in [1.54, 1.807) is 0 Å². The van der Waals surface area contributed by atoms with Crippen molar-refractivity contribution in [1.29, 1.82) is 0 Å². The van der Waals surface area contributed by atoms with E-state index in [0.29, 0.717) is 18.3 Å². The Hall–Kier alpha value is -0.570. The van der Waals surface area contributed by atoms with Gasteiger partial charge in [0.05, 0.1) is 0 Å². The van der Waals surface area contributed by atoms with Gasteiger partial charge in [-0.25, -0.2) is 0 Å². The van der Waals surface area contributed by atoms with E-state index in [0.717, 1.165) is 19.5 Å². The number of nitrogens with zero attached hydrogens (tertiary/aromatic N) is 1. The zero-order chi connectivity index (χ0) is 10.6. The maximum Gasteiger partial charge on any atom is 0.303 e. The van der Waals surface area contributed by atoms with Gasteiger partial charge in [-0.2, -0.15) is 0 Å². The highest BCUT2D eigenvalue weighted by Crippen LogP contribution is 2.29. The SMILES string of the molecule is CCC(CC(=O)O)C1CCN(C)CC1. The van der Waals surface area contributed by atoms with E-state index in [1.807, 2.05) is 0 Å². The number of likely N-dealkylation sites (tertiary alicyclic amines) is 1. The number of carboxylic acids is 1. The minimum absolute atomic E-state index is 0.352. The van der Waals surface area contributed by atoms with Crippen LogP contribution in [-0.4, -0.2) is 36.1 Å². The molecule has 0 spiro atoms. The largest absolute Gasteiger partial charge is 0.481 e. The average molecular weight is 199 g/mol. The third kappa shape index (κ3) is 3.29. The van der Waals surface area contributed by atoms with Crippen molar-refractivity contribution in [3.8, 4) is 0 Å². The fourth-order valence-electron chi connectivity index (χ4n) is 2.37. The number of piperidine rings is 1. The van der Waals surface area contributed by atoms with Crippen LogP contribution in [0.4, 0.5) is 0 Å². The summed E-state index contributed by atoms with van der Waals surface area (Å²) in [5, 5.41) is 8.79. The third-order valence-electron chi connectivity index (χ3n) is 3.39. The van der Waals surface area contributed by atoms with Crippen molar-refractivity contribution in [2.45, 2.75) is 32.6 Å². The number of hydrogen-bond donors (Lipinski definition) is 1. The molecule has 0 amide bonds. The maximum atomic E-state index is 10.7. The summed E-state index contributed by atoms with van der Waals surface area (Å²) in [5.74, 6) is 0.379. The van der Waals surface area contributed by atoms with Crippen molar-refractivity contribution in [3.63, 3.8) is 0 Å². The second-order valence-corrected chi connectivity index (χ2v) is 4.41. The van der Waals surface area contributed by atoms with Crippen molar-refractivity contribution in [2.75, 3.05) is 20.1 Å². The van der Waals surface area contributed by atoms with Crippen LogP contribution in [0.3, 0.4) is 0 Å². The molecule has 1 rings (SSSR count). The molecule has 1 unspecified atom stereocenters. The van der Waals surface area contributed by atoms with Gasteiger partial charge in [-0.05, 0) is 44.8 Å². The lowest BCUT2D eigenvalue weighted by Crippen LogP contribution is -2.33. The predicted octanol–water partition coefficient (Wildman–Crippen LogP) is 1.83. The molecule has 1 N–H and O–H groups in total. The molecule has 0 radical (unpaired) electrons. The lowest BCUT2D eigenvalue weighted by atomic mass is 9.81. The highest BCUT2D eigenvalue weighted by molar-refractivity contribution is 5.67. The van der Waals surface area contributed by atoms with Gasteiger partial charge in [0.2, 0.25) is 0 Å². The molecule has 3 nitrogen and oxygen atoms in total. The molecule has 0 aromatic rings. The molecule has 0 aliphatic carbocycles. The molecule has 14 heavy (non-hydrogen) atoms. The van der Waals surface area contributed by atoms with Crippen LogP contribution in [-0.2, 0) is 4.79 Å². The molecule has 1 atom stereocenters. The Labute approximate surface area is 86.1 Å². The van der Waals surface area contributed by atoms with Crippen molar-refractivity contribution in [2.24, 2.45) is 11.8 Å². The normalized spacial score (nSPS) is 22.1. The van der Waals surface area contributed by atoms with Crippen LogP contribution in [0.15, 0.2) is 0 Å². The van der Waals surface area contributed by atoms with E-state index in [4.69, 9.17) is 5.11 Å². The molecule has 1 aliphatic rings. The Morgan fingerprint density at radius 1 is 1.50 bits per heavy atom. The summed E-state index contributed by atoms with van der Waals surface area (Å²) >= 11 is 0. The highest BCUT2D eigenvalue weighted by Gasteiger charge is 2.25. The Kier molecular flexibility index (Phi) is 4.39. The van der Waals surface area contributed by atoms with E-state index in [1.165, 1.54) is 12.8 Å². The molecule has 0 aromatic carbocycles. The summed E-state index contributed by atoms with van der Waals surface area (Å²) < 4.78 is 0. The summed E-state index contributed by atoms with van der Waals surface area (Å²) in [6, 6.07) is 0. The van der Waals surface area contributed by atoms with Crippen LogP contribution in [0, 0.1) is 11.8 Å². The van der Waals surface area contributed by atoms with E-state index >= 15 is 0 Å². The van der Waals surface area contributed by atoms with E-state index in [2.05, 4.69) is 18.9 Å². The molecular formula is C11H21NO2. The van der Waals surface area contributed by atoms with Crippen molar-refractivity contribution in [1.82, 2.24) is 4.90 Å². The first-order valence-corrected chi connectivity index (χ1v) is 5.53. The van der Waals surface area contributed by atoms with Gasteiger partial charge in [0, 0.05) is 6.42 Å². The van der Waals surface area contributed by atoms with Gasteiger partial charge >= 0.3 is 5.97 Å². The van der Waals surface area contributed by atoms with Gasteiger partial charge in [0.25, 0.3) is 0 Å². The molecule has 3 heteroatoms. The van der Waals surface area contributed by atoms with Gasteiger partial charge in [-0.1, -0.05) is 13.3 Å². The van der Waals surface area contributed by atoms with Crippen molar-refractivity contribution < 1.29 is 9.90 Å². The standard InChI is InChI=1S/C11H21NO2/c1-3-9(8-11(13)14)10-4-6-12(2)7-5-10/h9-10H,3-8H2,1-2H3,(H,13,14). The van der Waals surface area contributed by atoms with Gasteiger partial charge in [0.15, 0.2) is 0 Å². The van der Waals surface area contributed by atoms with Gasteiger partial charge in [-0.3, -0.25) is 4.79 Å². The second kappa shape index (κ2) is 5.35. The quantitative estimate of drug-likeness (QED) is 0.751. The van der Waals surface area contributed by atoms with Crippen LogP contribution >= 0.6 is 0 Å². The molecule has 0 bridgehead atoms. The smallest absolute Gasteiger partial charge is 0.303 e. The number of rotatable bonds is 4. The number of hydrogen-bond acceptors (Lipinski definition) is 2. The summed E-state index contributed by atoms with van der Waals surface area (Å²) in [7, 11) is 2.13. The van der Waals surface area contributed by atoms with E-state index in [9.17, 15) is 4.79 Å². The minimum atomic E-state index is -0.643. The molecule has 1 aliphatic heterocycles. The van der Waals surface area contributed by atoms with Crippen LogP contribution in [0.5, 0.6) is 0 Å². The molecule has 1 heterocycles. The molecule has 0 saturated carbocycles. The van der Waals surface area contributed by atoms with Gasteiger partial charge < -0.3 is 10.0 Å². The predicted molar refractivity (Wildman–Crippen MR) is 56.3 cm³/mol. The third-order valence-corrected chi connectivity index (χ3v) is 3.39. The summed E-state index contributed by atoms with van der Waals surface area (Å²) in [5.41, 5.74) is 0. The van der Waals surface area contributed by atoms with Crippen LogP contribution < -0.4 is 0 Å². The summed E-state index contributed by atoms with van der Waals surface area (Å²) in [4.78, 5) is 13.0. The summed E-state index contributed by atoms with van der Waals surface area (Å²) in [6.07, 6.45) is 3.69. The number of carbonyl (C=O) groups is 1. The van der Waals surface area contributed by atoms with E-state index in [-0.39, 0.29) is 0 Å². The van der Waals surface area contributed by atoms with Crippen LogP contribution in [0.25, 0.3) is 0 Å². The molecule has 82 valence electrons. The zero-order valence-electron chi connectivity index (χ0n) is 9.20. The Morgan fingerprint density at radius 2 is 2.07 bits per heavy atom. The first-order chi connectivity index (χ1) is 6.63. The first kappa shape index (κ1) is 11.5. The highest BCUT2D eigenvalue weighted by atomic mass is 16.4. The van der Waals surface area contributed by atoms with Gasteiger partial charge in [0.1, 0.15) is 0 Å². The molecular weight excluding hydrogens is 178 g/mol. The Morgan fingerprint density at radius 3 is 2.50 bits per heavy atom. The van der Waals surface area contributed by atoms with Crippen LogP contribution in [0.2, 0.25) is 0 Å². The van der Waals surface area contributed by atoms with Crippen LogP contribution in [0.1, 0.15) is 32.6 Å². The number of carboxylic acid groups (broad SMARTS) is 1. The topological polar surface area (TPSA) is 40.5 Å². The van der Waals surface area contributed by atoms with Crippen molar-refractivity contribution in [3.05, 3.63) is 0 Å². The van der Waals surface area contributed by atoms with E-state index < -0.39 is 5.97 Å².